The molecular formula is C13H19NO3. The maximum Gasteiger partial charge on any atom is 0.344 e. The SMILES string of the molecule is CCC(N)Cc1ccc(OC(C)C(=O)O)cc1. The van der Waals surface area contributed by atoms with E-state index in [-0.39, 0.29) is 6.04 Å². The van der Waals surface area contributed by atoms with Crippen LogP contribution in [0, 0.1) is 0 Å². The molecule has 17 heavy (non-hydrogen) atoms. The Morgan fingerprint density at radius 1 is 1.41 bits per heavy atom. The van der Waals surface area contributed by atoms with Gasteiger partial charge in [-0.1, -0.05) is 19.1 Å². The first kappa shape index (κ1) is 13.5. The molecule has 0 heterocycles. The molecule has 0 aromatic heterocycles. The van der Waals surface area contributed by atoms with Gasteiger partial charge >= 0.3 is 5.97 Å². The minimum Gasteiger partial charge on any atom is -0.479 e. The van der Waals surface area contributed by atoms with E-state index in [1.807, 2.05) is 12.1 Å². The Hall–Kier alpha value is -1.55. The zero-order valence-electron chi connectivity index (χ0n) is 10.2. The normalized spacial score (nSPS) is 14.1. The number of benzene rings is 1. The summed E-state index contributed by atoms with van der Waals surface area (Å²) in [6, 6.07) is 7.55. The van der Waals surface area contributed by atoms with Gasteiger partial charge in [0.2, 0.25) is 0 Å². The van der Waals surface area contributed by atoms with Crippen molar-refractivity contribution in [1.29, 1.82) is 0 Å². The standard InChI is InChI=1S/C13H19NO3/c1-3-11(14)8-10-4-6-12(7-5-10)17-9(2)13(15)16/h4-7,9,11H,3,8,14H2,1-2H3,(H,15,16). The molecule has 0 spiro atoms. The van der Waals surface area contributed by atoms with Crippen molar-refractivity contribution in [1.82, 2.24) is 0 Å². The Morgan fingerprint density at radius 3 is 2.47 bits per heavy atom. The molecule has 2 unspecified atom stereocenters. The van der Waals surface area contributed by atoms with Crippen LogP contribution in [0.4, 0.5) is 0 Å². The van der Waals surface area contributed by atoms with Gasteiger partial charge in [0.15, 0.2) is 6.10 Å². The average Bonchev–Trinajstić information content (AvgIpc) is 2.31. The second-order valence-corrected chi connectivity index (χ2v) is 4.11. The summed E-state index contributed by atoms with van der Waals surface area (Å²) in [5.74, 6) is -0.407. The molecule has 0 saturated heterocycles. The van der Waals surface area contributed by atoms with Crippen molar-refractivity contribution in [2.45, 2.75) is 38.8 Å². The van der Waals surface area contributed by atoms with Crippen LogP contribution in [0.5, 0.6) is 5.75 Å². The number of rotatable bonds is 6. The number of carboxylic acids is 1. The predicted molar refractivity (Wildman–Crippen MR) is 66.1 cm³/mol. The van der Waals surface area contributed by atoms with Crippen molar-refractivity contribution in [3.8, 4) is 5.75 Å². The molecule has 4 heteroatoms. The smallest absolute Gasteiger partial charge is 0.344 e. The summed E-state index contributed by atoms with van der Waals surface area (Å²) in [6.07, 6.45) is 0.929. The van der Waals surface area contributed by atoms with Gasteiger partial charge in [0.1, 0.15) is 5.75 Å². The number of hydrogen-bond acceptors (Lipinski definition) is 3. The van der Waals surface area contributed by atoms with E-state index >= 15 is 0 Å². The van der Waals surface area contributed by atoms with Crippen LogP contribution in [-0.2, 0) is 11.2 Å². The van der Waals surface area contributed by atoms with Crippen molar-refractivity contribution in [2.75, 3.05) is 0 Å². The van der Waals surface area contributed by atoms with E-state index in [4.69, 9.17) is 15.6 Å². The maximum atomic E-state index is 10.6. The molecule has 1 rings (SSSR count). The van der Waals surface area contributed by atoms with E-state index in [2.05, 4.69) is 6.92 Å². The van der Waals surface area contributed by atoms with Gasteiger partial charge in [-0.05, 0) is 37.5 Å². The van der Waals surface area contributed by atoms with Crippen LogP contribution < -0.4 is 10.5 Å². The van der Waals surface area contributed by atoms with E-state index in [1.54, 1.807) is 12.1 Å². The van der Waals surface area contributed by atoms with Crippen LogP contribution in [0.15, 0.2) is 24.3 Å². The number of carboxylic acid groups (broad SMARTS) is 1. The largest absolute Gasteiger partial charge is 0.479 e. The molecule has 3 N–H and O–H groups in total. The van der Waals surface area contributed by atoms with Gasteiger partial charge in [-0.25, -0.2) is 4.79 Å². The lowest BCUT2D eigenvalue weighted by atomic mass is 10.0. The van der Waals surface area contributed by atoms with Crippen molar-refractivity contribution in [3.05, 3.63) is 29.8 Å². The lowest BCUT2D eigenvalue weighted by molar-refractivity contribution is -0.144. The molecule has 0 amide bonds. The quantitative estimate of drug-likeness (QED) is 0.791. The first-order chi connectivity index (χ1) is 8.02. The van der Waals surface area contributed by atoms with E-state index in [0.717, 1.165) is 18.4 Å². The fourth-order valence-electron chi connectivity index (χ4n) is 1.41. The molecule has 2 atom stereocenters. The third kappa shape index (κ3) is 4.44. The molecule has 0 aliphatic rings. The molecule has 0 saturated carbocycles. The fraction of sp³-hybridized carbons (Fsp3) is 0.462. The highest BCUT2D eigenvalue weighted by Crippen LogP contribution is 2.15. The lowest BCUT2D eigenvalue weighted by Gasteiger charge is -2.12. The van der Waals surface area contributed by atoms with Gasteiger partial charge in [-0.3, -0.25) is 0 Å². The van der Waals surface area contributed by atoms with Crippen molar-refractivity contribution >= 4 is 5.97 Å². The summed E-state index contributed by atoms with van der Waals surface area (Å²) in [6.45, 7) is 3.56. The molecule has 1 aromatic rings. The first-order valence-corrected chi connectivity index (χ1v) is 5.77. The zero-order valence-corrected chi connectivity index (χ0v) is 10.2. The summed E-state index contributed by atoms with van der Waals surface area (Å²) in [7, 11) is 0. The number of carbonyl (C=O) groups is 1. The van der Waals surface area contributed by atoms with Crippen LogP contribution in [0.25, 0.3) is 0 Å². The summed E-state index contributed by atoms with van der Waals surface area (Å²) in [5, 5.41) is 8.71. The topological polar surface area (TPSA) is 72.5 Å². The molecule has 0 aliphatic heterocycles. The minimum atomic E-state index is -0.970. The fourth-order valence-corrected chi connectivity index (χ4v) is 1.41. The summed E-state index contributed by atoms with van der Waals surface area (Å²) in [4.78, 5) is 10.6. The number of hydrogen-bond donors (Lipinski definition) is 2. The van der Waals surface area contributed by atoms with Crippen LogP contribution in [0.3, 0.4) is 0 Å². The Morgan fingerprint density at radius 2 is 2.00 bits per heavy atom. The third-order valence-corrected chi connectivity index (χ3v) is 2.61. The summed E-state index contributed by atoms with van der Waals surface area (Å²) in [5.41, 5.74) is 6.99. The summed E-state index contributed by atoms with van der Waals surface area (Å²) >= 11 is 0. The van der Waals surface area contributed by atoms with Gasteiger partial charge < -0.3 is 15.6 Å². The zero-order chi connectivity index (χ0) is 12.8. The second-order valence-electron chi connectivity index (χ2n) is 4.11. The highest BCUT2D eigenvalue weighted by molar-refractivity contribution is 5.72. The van der Waals surface area contributed by atoms with E-state index in [1.165, 1.54) is 6.92 Å². The Labute approximate surface area is 101 Å². The molecule has 0 aliphatic carbocycles. The first-order valence-electron chi connectivity index (χ1n) is 5.77. The lowest BCUT2D eigenvalue weighted by Crippen LogP contribution is -2.23. The molecule has 0 fully saturated rings. The monoisotopic (exact) mass is 237 g/mol. The van der Waals surface area contributed by atoms with Gasteiger partial charge in [-0.2, -0.15) is 0 Å². The molecule has 0 bridgehead atoms. The van der Waals surface area contributed by atoms with Crippen LogP contribution in [-0.4, -0.2) is 23.2 Å². The Kier molecular flexibility index (Phi) is 4.97. The minimum absolute atomic E-state index is 0.166. The molecular weight excluding hydrogens is 218 g/mol. The van der Waals surface area contributed by atoms with E-state index in [0.29, 0.717) is 5.75 Å². The molecule has 0 radical (unpaired) electrons. The van der Waals surface area contributed by atoms with Crippen molar-refractivity contribution in [2.24, 2.45) is 5.73 Å². The van der Waals surface area contributed by atoms with Crippen molar-refractivity contribution in [3.63, 3.8) is 0 Å². The predicted octanol–water partition coefficient (Wildman–Crippen LogP) is 1.82. The summed E-state index contributed by atoms with van der Waals surface area (Å²) < 4.78 is 5.23. The highest BCUT2D eigenvalue weighted by atomic mass is 16.5. The number of aliphatic carboxylic acids is 1. The number of ether oxygens (including phenoxy) is 1. The van der Waals surface area contributed by atoms with Crippen molar-refractivity contribution < 1.29 is 14.6 Å². The van der Waals surface area contributed by atoms with Gasteiger partial charge in [0, 0.05) is 6.04 Å². The molecule has 4 nitrogen and oxygen atoms in total. The average molecular weight is 237 g/mol. The van der Waals surface area contributed by atoms with Gasteiger partial charge in [0.05, 0.1) is 0 Å². The maximum absolute atomic E-state index is 10.6. The van der Waals surface area contributed by atoms with Crippen LogP contribution in [0.1, 0.15) is 25.8 Å². The van der Waals surface area contributed by atoms with Crippen LogP contribution in [0.2, 0.25) is 0 Å². The molecule has 1 aromatic carbocycles. The Balaban J connectivity index is 2.58. The molecule has 94 valence electrons. The van der Waals surface area contributed by atoms with Gasteiger partial charge in [0.25, 0.3) is 0 Å². The highest BCUT2D eigenvalue weighted by Gasteiger charge is 2.12. The number of nitrogens with two attached hydrogens (primary N) is 1. The second kappa shape index (κ2) is 6.25. The third-order valence-electron chi connectivity index (χ3n) is 2.61. The van der Waals surface area contributed by atoms with Crippen LogP contribution >= 0.6 is 0 Å². The van der Waals surface area contributed by atoms with E-state index < -0.39 is 12.1 Å². The van der Waals surface area contributed by atoms with E-state index in [9.17, 15) is 4.79 Å². The Bertz CT molecular complexity index is 361. The van der Waals surface area contributed by atoms with Gasteiger partial charge in [-0.15, -0.1) is 0 Å².